The third kappa shape index (κ3) is 2.77. The quantitative estimate of drug-likeness (QED) is 0.725. The number of hydrogen-bond acceptors (Lipinski definition) is 4. The highest BCUT2D eigenvalue weighted by molar-refractivity contribution is 6.30. The van der Waals surface area contributed by atoms with Gasteiger partial charge in [0.15, 0.2) is 5.78 Å². The van der Waals surface area contributed by atoms with E-state index in [1.807, 2.05) is 24.3 Å². The fourth-order valence-electron chi connectivity index (χ4n) is 4.51. The van der Waals surface area contributed by atoms with Crippen LogP contribution in [0.4, 0.5) is 0 Å². The molecule has 0 bridgehead atoms. The summed E-state index contributed by atoms with van der Waals surface area (Å²) in [5.74, 6) is -0.541. The summed E-state index contributed by atoms with van der Waals surface area (Å²) in [7, 11) is 1.41. The Balaban J connectivity index is 1.95. The first-order chi connectivity index (χ1) is 12.6. The van der Waals surface area contributed by atoms with Crippen LogP contribution < -0.4 is 0 Å². The highest BCUT2D eigenvalue weighted by Crippen LogP contribution is 2.48. The summed E-state index contributed by atoms with van der Waals surface area (Å²) in [6.45, 7) is 0.870. The lowest BCUT2D eigenvalue weighted by atomic mass is 9.73. The summed E-state index contributed by atoms with van der Waals surface area (Å²) in [4.78, 5) is 27.9. The molecule has 0 amide bonds. The molecule has 1 unspecified atom stereocenters. The zero-order valence-electron chi connectivity index (χ0n) is 14.9. The second kappa shape index (κ2) is 6.92. The molecular formula is C21H22ClNO3. The average Bonchev–Trinajstić information content (AvgIpc) is 2.67. The van der Waals surface area contributed by atoms with Gasteiger partial charge in [0.2, 0.25) is 0 Å². The highest BCUT2D eigenvalue weighted by Gasteiger charge is 2.43. The van der Waals surface area contributed by atoms with E-state index in [1.165, 1.54) is 7.11 Å². The maximum absolute atomic E-state index is 12.9. The molecule has 0 saturated carbocycles. The molecule has 4 nitrogen and oxygen atoms in total. The standard InChI is InChI=1S/C21H22ClNO3/c1-26-21(25)20-16-5-2-3-12-23(16)15-6-4-7-17(24)19(15)18(20)13-8-10-14(22)11-9-13/h8-11,18H,2-7,12H2,1H3. The largest absolute Gasteiger partial charge is 0.466 e. The number of hydrogen-bond donors (Lipinski definition) is 0. The lowest BCUT2D eigenvalue weighted by molar-refractivity contribution is -0.136. The summed E-state index contributed by atoms with van der Waals surface area (Å²) in [6, 6.07) is 7.47. The first-order valence-corrected chi connectivity index (χ1v) is 9.60. The van der Waals surface area contributed by atoms with Gasteiger partial charge in [0, 0.05) is 40.9 Å². The molecule has 1 aliphatic carbocycles. The Kier molecular flexibility index (Phi) is 4.62. The van der Waals surface area contributed by atoms with Crippen LogP contribution in [0.3, 0.4) is 0 Å². The van der Waals surface area contributed by atoms with Gasteiger partial charge in [0.1, 0.15) is 0 Å². The molecule has 1 aromatic carbocycles. The molecule has 5 heteroatoms. The lowest BCUT2D eigenvalue weighted by Gasteiger charge is -2.44. The van der Waals surface area contributed by atoms with E-state index in [-0.39, 0.29) is 17.7 Å². The van der Waals surface area contributed by atoms with Crippen molar-refractivity contribution in [1.29, 1.82) is 0 Å². The van der Waals surface area contributed by atoms with E-state index >= 15 is 0 Å². The number of allylic oxidation sites excluding steroid dienone is 3. The molecule has 2 heterocycles. The van der Waals surface area contributed by atoms with Crippen LogP contribution in [0, 0.1) is 0 Å². The number of esters is 1. The fraction of sp³-hybridized carbons (Fsp3) is 0.429. The SMILES string of the molecule is COC(=O)C1=C2CCCCN2C2=C(C(=O)CCC2)C1c1ccc(Cl)cc1. The second-order valence-corrected chi connectivity index (χ2v) is 7.52. The monoisotopic (exact) mass is 371 g/mol. The van der Waals surface area contributed by atoms with E-state index in [2.05, 4.69) is 4.90 Å². The van der Waals surface area contributed by atoms with Gasteiger partial charge in [0.25, 0.3) is 0 Å². The Bertz CT molecular complexity index is 822. The molecule has 3 aliphatic rings. The molecule has 1 atom stereocenters. The number of rotatable bonds is 2. The molecule has 4 rings (SSSR count). The number of Topliss-reactive ketones (excluding diaryl/α,β-unsaturated/α-hetero) is 1. The fourth-order valence-corrected chi connectivity index (χ4v) is 4.64. The van der Waals surface area contributed by atoms with Gasteiger partial charge in [-0.3, -0.25) is 4.79 Å². The summed E-state index contributed by atoms with van der Waals surface area (Å²) in [5, 5.41) is 0.639. The van der Waals surface area contributed by atoms with Crippen molar-refractivity contribution in [1.82, 2.24) is 4.90 Å². The summed E-state index contributed by atoms with van der Waals surface area (Å²) in [6.07, 6.45) is 5.29. The van der Waals surface area contributed by atoms with Gasteiger partial charge in [-0.15, -0.1) is 0 Å². The first kappa shape index (κ1) is 17.3. The van der Waals surface area contributed by atoms with E-state index in [0.29, 0.717) is 17.0 Å². The topological polar surface area (TPSA) is 46.6 Å². The van der Waals surface area contributed by atoms with Crippen molar-refractivity contribution >= 4 is 23.4 Å². The number of benzene rings is 1. The molecule has 0 aromatic heterocycles. The molecule has 1 saturated heterocycles. The summed E-state index contributed by atoms with van der Waals surface area (Å²) < 4.78 is 5.15. The van der Waals surface area contributed by atoms with Crippen LogP contribution in [-0.2, 0) is 14.3 Å². The summed E-state index contributed by atoms with van der Waals surface area (Å²) in [5.41, 5.74) is 4.49. The van der Waals surface area contributed by atoms with Crippen LogP contribution in [0.2, 0.25) is 5.02 Å². The van der Waals surface area contributed by atoms with Crippen LogP contribution in [0.25, 0.3) is 0 Å². The van der Waals surface area contributed by atoms with Crippen molar-refractivity contribution in [3.63, 3.8) is 0 Å². The van der Waals surface area contributed by atoms with Crippen molar-refractivity contribution in [3.8, 4) is 0 Å². The van der Waals surface area contributed by atoms with Crippen molar-refractivity contribution in [2.24, 2.45) is 0 Å². The minimum atomic E-state index is -0.355. The number of fused-ring (bicyclic) bond motifs is 2. The Hall–Kier alpha value is -2.07. The molecule has 26 heavy (non-hydrogen) atoms. The maximum Gasteiger partial charge on any atom is 0.336 e. The zero-order chi connectivity index (χ0) is 18.3. The van der Waals surface area contributed by atoms with E-state index in [1.54, 1.807) is 0 Å². The number of nitrogens with zero attached hydrogens (tertiary/aromatic N) is 1. The van der Waals surface area contributed by atoms with E-state index < -0.39 is 0 Å². The molecule has 0 spiro atoms. The van der Waals surface area contributed by atoms with E-state index in [0.717, 1.165) is 61.2 Å². The highest BCUT2D eigenvalue weighted by atomic mass is 35.5. The van der Waals surface area contributed by atoms with Crippen molar-refractivity contribution in [3.05, 3.63) is 57.4 Å². The molecule has 1 aromatic rings. The Labute approximate surface area is 158 Å². The van der Waals surface area contributed by atoms with E-state index in [9.17, 15) is 9.59 Å². The minimum Gasteiger partial charge on any atom is -0.466 e. The molecule has 1 fully saturated rings. The number of carbonyl (C=O) groups is 2. The Morgan fingerprint density at radius 1 is 1.08 bits per heavy atom. The molecule has 136 valence electrons. The van der Waals surface area contributed by atoms with Crippen LogP contribution in [-0.4, -0.2) is 30.3 Å². The molecule has 2 aliphatic heterocycles. The number of methoxy groups -OCH3 is 1. The predicted molar refractivity (Wildman–Crippen MR) is 99.7 cm³/mol. The lowest BCUT2D eigenvalue weighted by Crippen LogP contribution is -2.40. The third-order valence-corrected chi connectivity index (χ3v) is 5.87. The van der Waals surface area contributed by atoms with Gasteiger partial charge in [0.05, 0.1) is 12.7 Å². The maximum atomic E-state index is 12.9. The number of halogens is 1. The molecule has 0 radical (unpaired) electrons. The van der Waals surface area contributed by atoms with Gasteiger partial charge in [-0.25, -0.2) is 4.79 Å². The number of ketones is 1. The zero-order valence-corrected chi connectivity index (χ0v) is 15.6. The smallest absolute Gasteiger partial charge is 0.336 e. The van der Waals surface area contributed by atoms with Crippen LogP contribution in [0.15, 0.2) is 46.8 Å². The van der Waals surface area contributed by atoms with Crippen LogP contribution in [0.5, 0.6) is 0 Å². The van der Waals surface area contributed by atoms with Crippen LogP contribution >= 0.6 is 11.6 Å². The third-order valence-electron chi connectivity index (χ3n) is 5.62. The molecule has 0 N–H and O–H groups in total. The van der Waals surface area contributed by atoms with Gasteiger partial charge >= 0.3 is 5.97 Å². The van der Waals surface area contributed by atoms with Crippen LogP contribution in [0.1, 0.15) is 50.0 Å². The minimum absolute atomic E-state index is 0.150. The second-order valence-electron chi connectivity index (χ2n) is 7.08. The molecular weight excluding hydrogens is 350 g/mol. The summed E-state index contributed by atoms with van der Waals surface area (Å²) >= 11 is 6.06. The van der Waals surface area contributed by atoms with Crippen molar-refractivity contribution < 1.29 is 14.3 Å². The van der Waals surface area contributed by atoms with Gasteiger partial charge in [-0.2, -0.15) is 0 Å². The van der Waals surface area contributed by atoms with Gasteiger partial charge in [-0.1, -0.05) is 23.7 Å². The van der Waals surface area contributed by atoms with Crippen molar-refractivity contribution in [2.75, 3.05) is 13.7 Å². The Morgan fingerprint density at radius 3 is 2.54 bits per heavy atom. The first-order valence-electron chi connectivity index (χ1n) is 9.22. The normalized spacial score (nSPS) is 22.9. The Morgan fingerprint density at radius 2 is 1.81 bits per heavy atom. The predicted octanol–water partition coefficient (Wildman–Crippen LogP) is 4.36. The van der Waals surface area contributed by atoms with Gasteiger partial charge in [-0.05, 0) is 49.8 Å². The van der Waals surface area contributed by atoms with Crippen molar-refractivity contribution in [2.45, 2.75) is 44.4 Å². The van der Waals surface area contributed by atoms with Gasteiger partial charge < -0.3 is 9.64 Å². The number of piperidine rings is 1. The van der Waals surface area contributed by atoms with E-state index in [4.69, 9.17) is 16.3 Å². The average molecular weight is 372 g/mol. The number of ether oxygens (including phenoxy) is 1. The number of carbonyl (C=O) groups excluding carboxylic acids is 2.